The average Bonchev–Trinajstić information content (AvgIpc) is 3.37. The van der Waals surface area contributed by atoms with E-state index in [1.807, 2.05) is 43.5 Å². The number of hydrogen-bond acceptors (Lipinski definition) is 7. The zero-order chi connectivity index (χ0) is 19.5. The van der Waals surface area contributed by atoms with E-state index in [9.17, 15) is 4.79 Å². The lowest BCUT2D eigenvalue weighted by Crippen LogP contribution is -2.41. The van der Waals surface area contributed by atoms with Gasteiger partial charge in [-0.2, -0.15) is 0 Å². The van der Waals surface area contributed by atoms with Gasteiger partial charge in [0, 0.05) is 26.0 Å². The van der Waals surface area contributed by atoms with Crippen molar-refractivity contribution in [2.45, 2.75) is 25.8 Å². The van der Waals surface area contributed by atoms with Crippen LogP contribution in [0.5, 0.6) is 0 Å². The predicted molar refractivity (Wildman–Crippen MR) is 112 cm³/mol. The summed E-state index contributed by atoms with van der Waals surface area (Å²) in [7, 11) is 1.68. The fourth-order valence-electron chi connectivity index (χ4n) is 3.33. The number of amides is 1. The molecule has 0 aromatic carbocycles. The summed E-state index contributed by atoms with van der Waals surface area (Å²) in [4.78, 5) is 28.8. The third-order valence-corrected chi connectivity index (χ3v) is 5.77. The van der Waals surface area contributed by atoms with Crippen molar-refractivity contribution in [2.24, 2.45) is 0 Å². The topological polar surface area (TPSA) is 83.0 Å². The Morgan fingerprint density at radius 3 is 2.96 bits per heavy atom. The number of aryl methyl sites for hydroxylation is 1. The highest BCUT2D eigenvalue weighted by molar-refractivity contribution is 7.18. The van der Waals surface area contributed by atoms with Gasteiger partial charge < -0.3 is 15.5 Å². The van der Waals surface area contributed by atoms with Crippen LogP contribution in [0, 0.1) is 6.92 Å². The molecule has 0 bridgehead atoms. The van der Waals surface area contributed by atoms with Crippen molar-refractivity contribution < 1.29 is 4.79 Å². The van der Waals surface area contributed by atoms with Crippen molar-refractivity contribution in [1.29, 1.82) is 0 Å². The summed E-state index contributed by atoms with van der Waals surface area (Å²) >= 11 is 1.56. The average molecular weight is 395 g/mol. The third kappa shape index (κ3) is 3.82. The van der Waals surface area contributed by atoms with E-state index in [0.29, 0.717) is 0 Å². The number of nitrogens with one attached hydrogen (secondary N) is 2. The first kappa shape index (κ1) is 18.4. The smallest absolute Gasteiger partial charge is 0.242 e. The van der Waals surface area contributed by atoms with E-state index in [0.717, 1.165) is 52.3 Å². The van der Waals surface area contributed by atoms with Crippen LogP contribution in [0.25, 0.3) is 10.6 Å². The normalized spacial score (nSPS) is 16.2. The zero-order valence-electron chi connectivity index (χ0n) is 15.8. The van der Waals surface area contributed by atoms with Crippen LogP contribution in [0.2, 0.25) is 0 Å². The molecule has 144 valence electrons. The lowest BCUT2D eigenvalue weighted by molar-refractivity contribution is -0.121. The van der Waals surface area contributed by atoms with Gasteiger partial charge in [0.1, 0.15) is 17.7 Å². The number of anilines is 3. The number of carbonyl (C=O) groups excluding carboxylic acids is 1. The molecule has 28 heavy (non-hydrogen) atoms. The van der Waals surface area contributed by atoms with Crippen LogP contribution < -0.4 is 15.5 Å². The molecule has 3 aromatic heterocycles. The molecular weight excluding hydrogens is 372 g/mol. The molecule has 1 saturated heterocycles. The number of thiazole rings is 1. The van der Waals surface area contributed by atoms with Crippen molar-refractivity contribution in [1.82, 2.24) is 20.3 Å². The van der Waals surface area contributed by atoms with Crippen LogP contribution in [0.3, 0.4) is 0 Å². The van der Waals surface area contributed by atoms with Gasteiger partial charge in [-0.05, 0) is 49.6 Å². The summed E-state index contributed by atoms with van der Waals surface area (Å²) in [5.41, 5.74) is 1.98. The van der Waals surface area contributed by atoms with Gasteiger partial charge in [0.2, 0.25) is 5.91 Å². The molecule has 1 atom stereocenters. The molecule has 2 N–H and O–H groups in total. The summed E-state index contributed by atoms with van der Waals surface area (Å²) in [6.07, 6.45) is 5.45. The van der Waals surface area contributed by atoms with Crippen LogP contribution in [0.4, 0.5) is 16.8 Å². The Balaban J connectivity index is 1.55. The van der Waals surface area contributed by atoms with Crippen molar-refractivity contribution in [3.8, 4) is 10.6 Å². The Kier molecular flexibility index (Phi) is 5.21. The Morgan fingerprint density at radius 2 is 2.14 bits per heavy atom. The van der Waals surface area contributed by atoms with Gasteiger partial charge in [-0.15, -0.1) is 0 Å². The molecule has 1 aliphatic heterocycles. The minimum Gasteiger partial charge on any atom is -0.357 e. The SMILES string of the molecule is CNC(=O)[C@@H]1CCCN1c1ncc(-c2cccc(Nc3cc(C)ccn3)n2)s1. The first-order valence-corrected chi connectivity index (χ1v) is 10.1. The molecule has 7 nitrogen and oxygen atoms in total. The minimum absolute atomic E-state index is 0.0456. The Hall–Kier alpha value is -3.00. The first-order valence-electron chi connectivity index (χ1n) is 9.25. The quantitative estimate of drug-likeness (QED) is 0.690. The van der Waals surface area contributed by atoms with Crippen LogP contribution in [0.1, 0.15) is 18.4 Å². The van der Waals surface area contributed by atoms with Crippen LogP contribution >= 0.6 is 11.3 Å². The molecule has 1 amide bonds. The summed E-state index contributed by atoms with van der Waals surface area (Å²) in [5, 5.41) is 6.86. The third-order valence-electron chi connectivity index (χ3n) is 4.71. The highest BCUT2D eigenvalue weighted by Crippen LogP contribution is 2.34. The van der Waals surface area contributed by atoms with Gasteiger partial charge in [0.05, 0.1) is 10.6 Å². The van der Waals surface area contributed by atoms with Crippen molar-refractivity contribution in [3.63, 3.8) is 0 Å². The molecule has 0 unspecified atom stereocenters. The summed E-state index contributed by atoms with van der Waals surface area (Å²) < 4.78 is 0. The number of nitrogens with zero attached hydrogens (tertiary/aromatic N) is 4. The highest BCUT2D eigenvalue weighted by Gasteiger charge is 2.32. The molecule has 4 heterocycles. The van der Waals surface area contributed by atoms with Gasteiger partial charge in [0.25, 0.3) is 0 Å². The number of likely N-dealkylation sites (N-methyl/N-ethyl adjacent to an activating group) is 1. The lowest BCUT2D eigenvalue weighted by atomic mass is 10.2. The van der Waals surface area contributed by atoms with Gasteiger partial charge in [-0.1, -0.05) is 17.4 Å². The maximum absolute atomic E-state index is 12.1. The molecule has 1 aliphatic rings. The van der Waals surface area contributed by atoms with Crippen LogP contribution in [0.15, 0.2) is 42.7 Å². The van der Waals surface area contributed by atoms with Gasteiger partial charge in [0.15, 0.2) is 5.13 Å². The van der Waals surface area contributed by atoms with Crippen molar-refractivity contribution in [3.05, 3.63) is 48.3 Å². The summed E-state index contributed by atoms with van der Waals surface area (Å²) in [6.45, 7) is 2.87. The van der Waals surface area contributed by atoms with Crippen molar-refractivity contribution in [2.75, 3.05) is 23.8 Å². The summed E-state index contributed by atoms with van der Waals surface area (Å²) in [5.74, 6) is 1.54. The van der Waals surface area contributed by atoms with E-state index in [1.54, 1.807) is 24.6 Å². The molecule has 3 aromatic rings. The van der Waals surface area contributed by atoms with E-state index in [1.165, 1.54) is 0 Å². The fraction of sp³-hybridized carbons (Fsp3) is 0.300. The number of hydrogen-bond donors (Lipinski definition) is 2. The molecule has 0 spiro atoms. The highest BCUT2D eigenvalue weighted by atomic mass is 32.1. The first-order chi connectivity index (χ1) is 13.6. The number of aromatic nitrogens is 3. The maximum atomic E-state index is 12.1. The number of carbonyl (C=O) groups is 1. The molecule has 8 heteroatoms. The number of rotatable bonds is 5. The Morgan fingerprint density at radius 1 is 1.25 bits per heavy atom. The van der Waals surface area contributed by atoms with E-state index < -0.39 is 0 Å². The molecule has 1 fully saturated rings. The van der Waals surface area contributed by atoms with Gasteiger partial charge >= 0.3 is 0 Å². The molecule has 0 radical (unpaired) electrons. The molecule has 0 aliphatic carbocycles. The second kappa shape index (κ2) is 7.93. The second-order valence-corrected chi connectivity index (χ2v) is 7.73. The van der Waals surface area contributed by atoms with E-state index >= 15 is 0 Å². The standard InChI is InChI=1S/C20H22N6OS/c1-13-8-9-22-18(11-13)25-17-7-3-5-14(24-17)16-12-23-20(28-16)26-10-4-6-15(26)19(27)21-2/h3,5,7-9,11-12,15H,4,6,10H2,1-2H3,(H,21,27)(H,22,24,25)/t15-/m0/s1. The Bertz CT molecular complexity index is 988. The van der Waals surface area contributed by atoms with Crippen LogP contribution in [-0.4, -0.2) is 40.5 Å². The van der Waals surface area contributed by atoms with E-state index in [4.69, 9.17) is 4.98 Å². The Labute approximate surface area is 167 Å². The monoisotopic (exact) mass is 394 g/mol. The lowest BCUT2D eigenvalue weighted by Gasteiger charge is -2.22. The van der Waals surface area contributed by atoms with E-state index in [-0.39, 0.29) is 11.9 Å². The fourth-order valence-corrected chi connectivity index (χ4v) is 4.29. The number of pyridine rings is 2. The van der Waals surface area contributed by atoms with Crippen molar-refractivity contribution >= 4 is 34.0 Å². The van der Waals surface area contributed by atoms with Gasteiger partial charge in [-0.3, -0.25) is 4.79 Å². The molecule has 4 rings (SSSR count). The molecular formula is C20H22N6OS. The summed E-state index contributed by atoms with van der Waals surface area (Å²) in [6, 6.07) is 9.63. The zero-order valence-corrected chi connectivity index (χ0v) is 16.7. The second-order valence-electron chi connectivity index (χ2n) is 6.72. The van der Waals surface area contributed by atoms with E-state index in [2.05, 4.69) is 25.5 Å². The van der Waals surface area contributed by atoms with Crippen LogP contribution in [-0.2, 0) is 4.79 Å². The molecule has 0 saturated carbocycles. The van der Waals surface area contributed by atoms with Gasteiger partial charge in [-0.25, -0.2) is 15.0 Å². The largest absolute Gasteiger partial charge is 0.357 e. The maximum Gasteiger partial charge on any atom is 0.242 e. The predicted octanol–water partition coefficient (Wildman–Crippen LogP) is 3.37. The minimum atomic E-state index is -0.141.